The Morgan fingerprint density at radius 3 is 2.47 bits per heavy atom. The number of benzene rings is 1. The maximum absolute atomic E-state index is 10.3. The molecule has 4 N–H and O–H groups in total. The number of aliphatic carboxylic acids is 1. The fourth-order valence-electron chi connectivity index (χ4n) is 0.987. The zero-order valence-corrected chi connectivity index (χ0v) is 8.62. The number of nitrogens with one attached hydrogen (secondary N) is 1. The number of thiocarbonyl (C=S) groups is 1. The van der Waals surface area contributed by atoms with Crippen molar-refractivity contribution in [3.8, 4) is 0 Å². The maximum atomic E-state index is 10.3. The minimum atomic E-state index is -0.972. The molecule has 0 fully saturated rings. The van der Waals surface area contributed by atoms with Gasteiger partial charge in [0.2, 0.25) is 0 Å². The lowest BCUT2D eigenvalue weighted by Gasteiger charge is -2.02. The van der Waals surface area contributed by atoms with Crippen LogP contribution in [0.2, 0.25) is 0 Å². The van der Waals surface area contributed by atoms with E-state index in [2.05, 4.69) is 17.5 Å². The highest BCUT2D eigenvalue weighted by atomic mass is 32.1. The summed E-state index contributed by atoms with van der Waals surface area (Å²) in [5, 5.41) is 11.4. The van der Waals surface area contributed by atoms with Crippen molar-refractivity contribution < 1.29 is 9.90 Å². The molecule has 5 heteroatoms. The molecule has 0 aromatic heterocycles. The third kappa shape index (κ3) is 4.24. The largest absolute Gasteiger partial charge is 0.478 e. The fraction of sp³-hybridized carbons (Fsp3) is 0. The number of nitrogens with two attached hydrogens (primary N) is 1. The molecule has 0 aliphatic carbocycles. The summed E-state index contributed by atoms with van der Waals surface area (Å²) in [5.74, 6) is -0.972. The first kappa shape index (κ1) is 11.2. The minimum Gasteiger partial charge on any atom is -0.478 e. The first-order valence-corrected chi connectivity index (χ1v) is 4.56. The van der Waals surface area contributed by atoms with Gasteiger partial charge in [0.15, 0.2) is 5.11 Å². The van der Waals surface area contributed by atoms with E-state index in [9.17, 15) is 4.79 Å². The number of carbonyl (C=O) groups is 1. The van der Waals surface area contributed by atoms with Crippen molar-refractivity contribution in [1.29, 1.82) is 0 Å². The second-order valence-electron chi connectivity index (χ2n) is 2.78. The van der Waals surface area contributed by atoms with E-state index in [1.807, 2.05) is 0 Å². The van der Waals surface area contributed by atoms with Gasteiger partial charge in [-0.3, -0.25) is 0 Å². The number of carboxylic acid groups (broad SMARTS) is 1. The maximum Gasteiger partial charge on any atom is 0.328 e. The topological polar surface area (TPSA) is 75.3 Å². The Hall–Kier alpha value is -1.88. The predicted molar refractivity (Wildman–Crippen MR) is 63.5 cm³/mol. The van der Waals surface area contributed by atoms with Crippen LogP contribution in [0.4, 0.5) is 5.69 Å². The van der Waals surface area contributed by atoms with E-state index < -0.39 is 5.97 Å². The highest BCUT2D eigenvalue weighted by molar-refractivity contribution is 7.80. The van der Waals surface area contributed by atoms with Crippen LogP contribution in [-0.4, -0.2) is 16.2 Å². The molecule has 0 amide bonds. The molecule has 78 valence electrons. The molecule has 0 radical (unpaired) electrons. The Bertz CT molecular complexity index is 398. The monoisotopic (exact) mass is 222 g/mol. The molecule has 4 nitrogen and oxygen atoms in total. The molecule has 1 rings (SSSR count). The highest BCUT2D eigenvalue weighted by Crippen LogP contribution is 2.10. The summed E-state index contributed by atoms with van der Waals surface area (Å²) >= 11 is 4.67. The summed E-state index contributed by atoms with van der Waals surface area (Å²) in [6, 6.07) is 7.06. The van der Waals surface area contributed by atoms with Crippen LogP contribution in [-0.2, 0) is 4.79 Å². The Morgan fingerprint density at radius 2 is 2.00 bits per heavy atom. The van der Waals surface area contributed by atoms with Gasteiger partial charge in [0.1, 0.15) is 0 Å². The molecule has 1 aromatic rings. The number of hydrogen-bond acceptors (Lipinski definition) is 2. The molecule has 0 aliphatic heterocycles. The van der Waals surface area contributed by atoms with Crippen molar-refractivity contribution in [2.45, 2.75) is 0 Å². The van der Waals surface area contributed by atoms with Gasteiger partial charge in [-0.15, -0.1) is 0 Å². The van der Waals surface area contributed by atoms with Gasteiger partial charge in [-0.1, -0.05) is 12.1 Å². The summed E-state index contributed by atoms with van der Waals surface area (Å²) in [6.45, 7) is 0. The van der Waals surface area contributed by atoms with Crippen molar-refractivity contribution >= 4 is 35.1 Å². The van der Waals surface area contributed by atoms with Crippen LogP contribution in [0, 0.1) is 0 Å². The van der Waals surface area contributed by atoms with Crippen LogP contribution < -0.4 is 11.1 Å². The van der Waals surface area contributed by atoms with Gasteiger partial charge in [-0.05, 0) is 36.0 Å². The summed E-state index contributed by atoms with van der Waals surface area (Å²) in [5.41, 5.74) is 6.86. The average Bonchev–Trinajstić information content (AvgIpc) is 2.16. The van der Waals surface area contributed by atoms with Crippen molar-refractivity contribution in [3.05, 3.63) is 35.9 Å². The number of hydrogen-bond donors (Lipinski definition) is 3. The average molecular weight is 222 g/mol. The summed E-state index contributed by atoms with van der Waals surface area (Å²) in [6.07, 6.45) is 2.59. The molecule has 0 heterocycles. The van der Waals surface area contributed by atoms with Gasteiger partial charge in [0, 0.05) is 11.8 Å². The smallest absolute Gasteiger partial charge is 0.328 e. The summed E-state index contributed by atoms with van der Waals surface area (Å²) in [4.78, 5) is 10.3. The van der Waals surface area contributed by atoms with Crippen LogP contribution in [0.25, 0.3) is 6.08 Å². The van der Waals surface area contributed by atoms with Gasteiger partial charge in [0.05, 0.1) is 0 Å². The van der Waals surface area contributed by atoms with E-state index in [0.717, 1.165) is 17.3 Å². The molecule has 0 aliphatic rings. The Kier molecular flexibility index (Phi) is 3.82. The Morgan fingerprint density at radius 1 is 1.40 bits per heavy atom. The molecule has 1 aromatic carbocycles. The second-order valence-corrected chi connectivity index (χ2v) is 3.22. The first-order chi connectivity index (χ1) is 7.08. The van der Waals surface area contributed by atoms with E-state index in [1.54, 1.807) is 24.3 Å². The zero-order chi connectivity index (χ0) is 11.3. The molecular formula is C10H10N2O2S. The molecular weight excluding hydrogens is 212 g/mol. The lowest BCUT2D eigenvalue weighted by Crippen LogP contribution is -2.18. The summed E-state index contributed by atoms with van der Waals surface area (Å²) < 4.78 is 0. The molecule has 0 spiro atoms. The molecule has 0 saturated carbocycles. The third-order valence-corrected chi connectivity index (χ3v) is 1.70. The van der Waals surface area contributed by atoms with Gasteiger partial charge < -0.3 is 16.2 Å². The van der Waals surface area contributed by atoms with Crippen molar-refractivity contribution in [1.82, 2.24) is 0 Å². The molecule has 0 bridgehead atoms. The van der Waals surface area contributed by atoms with E-state index in [0.29, 0.717) is 0 Å². The SMILES string of the molecule is NC(=S)Nc1ccc(C=CC(=O)O)cc1. The first-order valence-electron chi connectivity index (χ1n) is 4.15. The van der Waals surface area contributed by atoms with E-state index in [1.165, 1.54) is 6.08 Å². The van der Waals surface area contributed by atoms with Gasteiger partial charge in [-0.2, -0.15) is 0 Å². The Labute approximate surface area is 92.4 Å². The number of anilines is 1. The van der Waals surface area contributed by atoms with Crippen molar-refractivity contribution in [2.75, 3.05) is 5.32 Å². The van der Waals surface area contributed by atoms with Crippen LogP contribution in [0.15, 0.2) is 30.3 Å². The standard InChI is InChI=1S/C10H10N2O2S/c11-10(15)12-8-4-1-7(2-5-8)3-6-9(13)14/h1-6H,(H,13,14)(H3,11,12,15). The predicted octanol–water partition coefficient (Wildman–Crippen LogP) is 1.44. The number of carboxylic acids is 1. The number of rotatable bonds is 3. The third-order valence-electron chi connectivity index (χ3n) is 1.60. The van der Waals surface area contributed by atoms with Gasteiger partial charge >= 0.3 is 5.97 Å². The van der Waals surface area contributed by atoms with Crippen LogP contribution in [0.1, 0.15) is 5.56 Å². The fourth-order valence-corrected chi connectivity index (χ4v) is 1.11. The highest BCUT2D eigenvalue weighted by Gasteiger charge is 1.93. The lowest BCUT2D eigenvalue weighted by molar-refractivity contribution is -0.131. The Balaban J connectivity index is 2.72. The van der Waals surface area contributed by atoms with Crippen LogP contribution >= 0.6 is 12.2 Å². The lowest BCUT2D eigenvalue weighted by atomic mass is 10.2. The van der Waals surface area contributed by atoms with E-state index >= 15 is 0 Å². The molecule has 15 heavy (non-hydrogen) atoms. The van der Waals surface area contributed by atoms with E-state index in [4.69, 9.17) is 10.8 Å². The quantitative estimate of drug-likeness (QED) is 0.533. The molecule has 0 atom stereocenters. The van der Waals surface area contributed by atoms with Crippen molar-refractivity contribution in [2.24, 2.45) is 5.73 Å². The van der Waals surface area contributed by atoms with Crippen LogP contribution in [0.3, 0.4) is 0 Å². The second kappa shape index (κ2) is 5.11. The summed E-state index contributed by atoms with van der Waals surface area (Å²) in [7, 11) is 0. The van der Waals surface area contributed by atoms with Crippen molar-refractivity contribution in [3.63, 3.8) is 0 Å². The van der Waals surface area contributed by atoms with Gasteiger partial charge in [0.25, 0.3) is 0 Å². The molecule has 0 unspecified atom stereocenters. The van der Waals surface area contributed by atoms with E-state index in [-0.39, 0.29) is 5.11 Å². The van der Waals surface area contributed by atoms with Gasteiger partial charge in [-0.25, -0.2) is 4.79 Å². The minimum absolute atomic E-state index is 0.198. The molecule has 0 saturated heterocycles. The zero-order valence-electron chi connectivity index (χ0n) is 7.81. The normalized spacial score (nSPS) is 10.1. The van der Waals surface area contributed by atoms with Crippen LogP contribution in [0.5, 0.6) is 0 Å².